The van der Waals surface area contributed by atoms with Crippen LogP contribution in [-0.4, -0.2) is 17.7 Å². The number of carbonyl (C=O) groups is 2. The Bertz CT molecular complexity index is 454. The van der Waals surface area contributed by atoms with Gasteiger partial charge < -0.3 is 0 Å². The smallest absolute Gasteiger partial charge is 0.221 e. The lowest BCUT2D eigenvalue weighted by molar-refractivity contribution is -0.125. The van der Waals surface area contributed by atoms with E-state index in [-0.39, 0.29) is 15.6 Å². The van der Waals surface area contributed by atoms with Gasteiger partial charge in [-0.15, -0.1) is 0 Å². The van der Waals surface area contributed by atoms with Crippen LogP contribution < -0.4 is 0 Å². The van der Waals surface area contributed by atoms with Gasteiger partial charge in [-0.1, -0.05) is 43.1 Å². The summed E-state index contributed by atoms with van der Waals surface area (Å²) in [6, 6.07) is 4.41. The monoisotopic (exact) mass is 290 g/mol. The van der Waals surface area contributed by atoms with Crippen LogP contribution >= 0.6 is 23.2 Å². The first-order chi connectivity index (χ1) is 8.40. The van der Waals surface area contributed by atoms with Gasteiger partial charge in [0, 0.05) is 5.92 Å². The van der Waals surface area contributed by atoms with Gasteiger partial charge in [-0.3, -0.25) is 9.59 Å². The van der Waals surface area contributed by atoms with Crippen molar-refractivity contribution in [2.45, 2.75) is 26.4 Å². The highest BCUT2D eigenvalue weighted by Crippen LogP contribution is 2.27. The second-order valence-electron chi connectivity index (χ2n) is 4.04. The summed E-state index contributed by atoms with van der Waals surface area (Å²) in [5.41, 5.74) is -0.134. The van der Waals surface area contributed by atoms with Gasteiger partial charge in [0.2, 0.25) is 12.0 Å². The maximum Gasteiger partial charge on any atom is 0.221 e. The Morgan fingerprint density at radius 2 is 1.78 bits per heavy atom. The first kappa shape index (κ1) is 15.1. The number of hydrogen-bond donors (Lipinski definition) is 0. The first-order valence-corrected chi connectivity index (χ1v) is 6.31. The van der Waals surface area contributed by atoms with Crippen molar-refractivity contribution in [3.05, 3.63) is 33.8 Å². The van der Waals surface area contributed by atoms with E-state index in [1.54, 1.807) is 19.9 Å². The van der Waals surface area contributed by atoms with Gasteiger partial charge in [0.15, 0.2) is 5.78 Å². The Kier molecular flexibility index (Phi) is 5.29. The van der Waals surface area contributed by atoms with Gasteiger partial charge in [0.1, 0.15) is 0 Å². The van der Waals surface area contributed by atoms with Crippen molar-refractivity contribution in [2.24, 2.45) is 5.92 Å². The van der Waals surface area contributed by atoms with E-state index in [1.807, 2.05) is 0 Å². The number of benzene rings is 1. The normalized spacial score (nSPS) is 14.1. The van der Waals surface area contributed by atoms with Crippen LogP contribution in [0.15, 0.2) is 18.2 Å². The number of ketones is 2. The average molecular weight is 291 g/mol. The van der Waals surface area contributed by atoms with Crippen LogP contribution in [0.2, 0.25) is 10.0 Å². The molecule has 18 heavy (non-hydrogen) atoms. The third-order valence-electron chi connectivity index (χ3n) is 2.79. The van der Waals surface area contributed by atoms with E-state index in [4.69, 9.17) is 23.2 Å². The molecule has 0 aliphatic carbocycles. The second kappa shape index (κ2) is 6.30. The summed E-state index contributed by atoms with van der Waals surface area (Å²) in [5, 5.41) is 0.0965. The molecule has 0 spiro atoms. The second-order valence-corrected chi connectivity index (χ2v) is 4.85. The summed E-state index contributed by atoms with van der Waals surface area (Å²) in [5.74, 6) is -2.22. The average Bonchev–Trinajstić information content (AvgIpc) is 2.35. The summed E-state index contributed by atoms with van der Waals surface area (Å²) in [6.07, 6.45) is -1.74. The van der Waals surface area contributed by atoms with Crippen LogP contribution in [0.3, 0.4) is 0 Å². The molecule has 0 amide bonds. The van der Waals surface area contributed by atoms with Crippen molar-refractivity contribution >= 4 is 34.8 Å². The molecule has 2 nitrogen and oxygen atoms in total. The third kappa shape index (κ3) is 3.09. The van der Waals surface area contributed by atoms with E-state index < -0.39 is 23.7 Å². The van der Waals surface area contributed by atoms with Crippen LogP contribution in [0.25, 0.3) is 0 Å². The van der Waals surface area contributed by atoms with Gasteiger partial charge in [-0.2, -0.15) is 0 Å². The molecule has 0 bridgehead atoms. The van der Waals surface area contributed by atoms with Gasteiger partial charge >= 0.3 is 0 Å². The van der Waals surface area contributed by atoms with Crippen LogP contribution in [0.1, 0.15) is 30.6 Å². The maximum absolute atomic E-state index is 13.9. The molecule has 98 valence electrons. The fourth-order valence-electron chi connectivity index (χ4n) is 1.44. The van der Waals surface area contributed by atoms with E-state index in [2.05, 4.69) is 0 Å². The molecule has 1 aromatic rings. The Balaban J connectivity index is 3.04. The molecule has 0 saturated heterocycles. The standard InChI is InChI=1S/C13H13Cl2FO2/c1-3-7(2)12(17)11(16)13(18)10-8(14)5-4-6-9(10)15/h4-7,11H,3H2,1-2H3. The minimum Gasteiger partial charge on any atom is -0.296 e. The Labute approximate surface area is 115 Å². The zero-order valence-corrected chi connectivity index (χ0v) is 11.6. The van der Waals surface area contributed by atoms with Crippen LogP contribution in [0, 0.1) is 5.92 Å². The number of Topliss-reactive ketones (excluding diaryl/α,β-unsaturated/α-hetero) is 2. The molecule has 2 atom stereocenters. The largest absolute Gasteiger partial charge is 0.296 e. The minimum absolute atomic E-state index is 0.0482. The van der Waals surface area contributed by atoms with Crippen LogP contribution in [0.5, 0.6) is 0 Å². The van der Waals surface area contributed by atoms with E-state index in [0.29, 0.717) is 6.42 Å². The molecule has 1 rings (SSSR count). The van der Waals surface area contributed by atoms with Crippen molar-refractivity contribution in [1.29, 1.82) is 0 Å². The molecule has 1 aromatic carbocycles. The van der Waals surface area contributed by atoms with E-state index >= 15 is 0 Å². The summed E-state index contributed by atoms with van der Waals surface area (Å²) in [4.78, 5) is 23.5. The topological polar surface area (TPSA) is 34.1 Å². The highest BCUT2D eigenvalue weighted by Gasteiger charge is 2.32. The predicted molar refractivity (Wildman–Crippen MR) is 70.2 cm³/mol. The molecule has 2 unspecified atom stereocenters. The lowest BCUT2D eigenvalue weighted by atomic mass is 9.95. The molecule has 0 aliphatic rings. The highest BCUT2D eigenvalue weighted by molar-refractivity contribution is 6.40. The Hall–Kier alpha value is -0.930. The molecule has 0 heterocycles. The lowest BCUT2D eigenvalue weighted by Gasteiger charge is -2.12. The number of carbonyl (C=O) groups excluding carboxylic acids is 2. The zero-order valence-electron chi connectivity index (χ0n) is 10.0. The molecule has 0 N–H and O–H groups in total. The molecular formula is C13H13Cl2FO2. The molecular weight excluding hydrogens is 278 g/mol. The number of rotatable bonds is 5. The Morgan fingerprint density at radius 3 is 2.22 bits per heavy atom. The number of halogens is 3. The SMILES string of the molecule is CCC(C)C(=O)C(F)C(=O)c1c(Cl)cccc1Cl. The van der Waals surface area contributed by atoms with E-state index in [9.17, 15) is 14.0 Å². The van der Waals surface area contributed by atoms with Crippen molar-refractivity contribution in [3.63, 3.8) is 0 Å². The van der Waals surface area contributed by atoms with Gasteiger partial charge in [0.05, 0.1) is 15.6 Å². The highest BCUT2D eigenvalue weighted by atomic mass is 35.5. The molecule has 0 aromatic heterocycles. The fourth-order valence-corrected chi connectivity index (χ4v) is 2.02. The summed E-state index contributed by atoms with van der Waals surface area (Å²) in [7, 11) is 0. The van der Waals surface area contributed by atoms with Crippen molar-refractivity contribution in [3.8, 4) is 0 Å². The summed E-state index contributed by atoms with van der Waals surface area (Å²) < 4.78 is 13.9. The van der Waals surface area contributed by atoms with E-state index in [0.717, 1.165) is 0 Å². The van der Waals surface area contributed by atoms with Crippen molar-refractivity contribution in [1.82, 2.24) is 0 Å². The molecule has 5 heteroatoms. The van der Waals surface area contributed by atoms with E-state index in [1.165, 1.54) is 12.1 Å². The quantitative estimate of drug-likeness (QED) is 0.604. The lowest BCUT2D eigenvalue weighted by Crippen LogP contribution is -2.30. The molecule has 0 aliphatic heterocycles. The summed E-state index contributed by atoms with van der Waals surface area (Å²) in [6.45, 7) is 3.33. The van der Waals surface area contributed by atoms with Gasteiger partial charge in [0.25, 0.3) is 0 Å². The maximum atomic E-state index is 13.9. The minimum atomic E-state index is -2.21. The molecule has 0 radical (unpaired) electrons. The van der Waals surface area contributed by atoms with Crippen molar-refractivity contribution in [2.75, 3.05) is 0 Å². The first-order valence-electron chi connectivity index (χ1n) is 5.56. The predicted octanol–water partition coefficient (Wildman–Crippen LogP) is 4.13. The van der Waals surface area contributed by atoms with Gasteiger partial charge in [-0.25, -0.2) is 4.39 Å². The summed E-state index contributed by atoms with van der Waals surface area (Å²) >= 11 is 11.6. The fraction of sp³-hybridized carbons (Fsp3) is 0.385. The number of alkyl halides is 1. The van der Waals surface area contributed by atoms with Crippen LogP contribution in [0.4, 0.5) is 4.39 Å². The van der Waals surface area contributed by atoms with Gasteiger partial charge in [-0.05, 0) is 18.6 Å². The third-order valence-corrected chi connectivity index (χ3v) is 3.42. The van der Waals surface area contributed by atoms with Crippen LogP contribution in [-0.2, 0) is 4.79 Å². The number of hydrogen-bond acceptors (Lipinski definition) is 2. The molecule has 0 fully saturated rings. The van der Waals surface area contributed by atoms with Crippen molar-refractivity contribution < 1.29 is 14.0 Å². The Morgan fingerprint density at radius 1 is 1.28 bits per heavy atom. The molecule has 0 saturated carbocycles. The zero-order chi connectivity index (χ0) is 13.9.